The number of ether oxygens (including phenoxy) is 3. The van der Waals surface area contributed by atoms with E-state index in [4.69, 9.17) is 18.6 Å². The predicted molar refractivity (Wildman–Crippen MR) is 119 cm³/mol. The van der Waals surface area contributed by atoms with Crippen LogP contribution in [0.25, 0.3) is 0 Å². The number of rotatable bonds is 9. The lowest BCUT2D eigenvalue weighted by molar-refractivity contribution is -0.119. The second kappa shape index (κ2) is 10.2. The minimum Gasteiger partial charge on any atom is -0.497 e. The van der Waals surface area contributed by atoms with E-state index >= 15 is 0 Å². The van der Waals surface area contributed by atoms with Crippen molar-refractivity contribution in [3.63, 3.8) is 0 Å². The maximum atomic E-state index is 12.4. The number of nitrogens with one attached hydrogen (secondary N) is 1. The molecule has 0 aliphatic rings. The molecule has 0 aliphatic heterocycles. The second-order valence-electron chi connectivity index (χ2n) is 7.04. The summed E-state index contributed by atoms with van der Waals surface area (Å²) in [5.41, 5.74) is 0.270. The zero-order valence-corrected chi connectivity index (χ0v) is 19.1. The first kappa shape index (κ1) is 23.9. The molecule has 3 rings (SSSR count). The minimum atomic E-state index is -3.54. The average Bonchev–Trinajstić information content (AvgIpc) is 3.16. The van der Waals surface area contributed by atoms with Crippen LogP contribution in [0.15, 0.2) is 63.9 Å². The van der Waals surface area contributed by atoms with E-state index in [1.54, 1.807) is 50.4 Å². The van der Waals surface area contributed by atoms with E-state index in [2.05, 4.69) is 5.32 Å². The van der Waals surface area contributed by atoms with Crippen molar-refractivity contribution in [3.05, 3.63) is 71.7 Å². The number of hydrogen-bond donors (Lipinski definition) is 1. The van der Waals surface area contributed by atoms with Gasteiger partial charge in [-0.15, -0.1) is 0 Å². The summed E-state index contributed by atoms with van der Waals surface area (Å²) in [6.07, 6.45) is 1.04. The normalized spacial score (nSPS) is 11.0. The van der Waals surface area contributed by atoms with Gasteiger partial charge in [0.05, 0.1) is 17.7 Å². The molecule has 1 heterocycles. The Hall–Kier alpha value is -3.79. The molecule has 33 heavy (non-hydrogen) atoms. The van der Waals surface area contributed by atoms with E-state index in [1.165, 1.54) is 18.2 Å². The van der Waals surface area contributed by atoms with Crippen LogP contribution in [0.1, 0.15) is 21.9 Å². The molecule has 0 radical (unpaired) electrons. The molecule has 10 heteroatoms. The number of hydrogen-bond acceptors (Lipinski definition) is 8. The molecule has 1 amide bonds. The van der Waals surface area contributed by atoms with Crippen molar-refractivity contribution >= 4 is 27.4 Å². The van der Waals surface area contributed by atoms with Gasteiger partial charge in [-0.25, -0.2) is 13.2 Å². The van der Waals surface area contributed by atoms with E-state index in [9.17, 15) is 18.0 Å². The third-order valence-corrected chi connectivity index (χ3v) is 5.68. The molecule has 3 aromatic rings. The van der Waals surface area contributed by atoms with Gasteiger partial charge in [-0.1, -0.05) is 12.1 Å². The van der Waals surface area contributed by atoms with Crippen molar-refractivity contribution in [1.82, 2.24) is 0 Å². The molecule has 0 bridgehead atoms. The molecule has 0 saturated heterocycles. The molecule has 2 aromatic carbocycles. The molecule has 0 fully saturated rings. The van der Waals surface area contributed by atoms with Gasteiger partial charge in [0.2, 0.25) is 0 Å². The van der Waals surface area contributed by atoms with Crippen LogP contribution in [0, 0.1) is 6.92 Å². The fraction of sp³-hybridized carbons (Fsp3) is 0.217. The lowest BCUT2D eigenvalue weighted by Gasteiger charge is -2.09. The summed E-state index contributed by atoms with van der Waals surface area (Å²) in [4.78, 5) is 24.6. The average molecular weight is 474 g/mol. The maximum Gasteiger partial charge on any atom is 0.342 e. The highest BCUT2D eigenvalue weighted by Crippen LogP contribution is 2.22. The highest BCUT2D eigenvalue weighted by atomic mass is 32.2. The van der Waals surface area contributed by atoms with Crippen LogP contribution in [0.3, 0.4) is 0 Å². The summed E-state index contributed by atoms with van der Waals surface area (Å²) in [5, 5.41) is 2.44. The maximum absolute atomic E-state index is 12.4. The number of sulfone groups is 1. The van der Waals surface area contributed by atoms with Gasteiger partial charge in [-0.05, 0) is 49.4 Å². The Morgan fingerprint density at radius 3 is 2.36 bits per heavy atom. The van der Waals surface area contributed by atoms with Crippen LogP contribution in [-0.4, -0.2) is 40.3 Å². The zero-order valence-electron chi connectivity index (χ0n) is 18.3. The molecule has 0 saturated carbocycles. The van der Waals surface area contributed by atoms with Crippen LogP contribution in [0.4, 0.5) is 5.69 Å². The van der Waals surface area contributed by atoms with E-state index in [-0.39, 0.29) is 22.8 Å². The van der Waals surface area contributed by atoms with Gasteiger partial charge in [0.1, 0.15) is 35.2 Å². The minimum absolute atomic E-state index is 0.0307. The van der Waals surface area contributed by atoms with Crippen molar-refractivity contribution < 1.29 is 36.6 Å². The molecular formula is C23H23NO8S. The molecule has 0 atom stereocenters. The lowest BCUT2D eigenvalue weighted by atomic mass is 10.2. The summed E-state index contributed by atoms with van der Waals surface area (Å²) in [6, 6.07) is 14.4. The Morgan fingerprint density at radius 1 is 1.03 bits per heavy atom. The number of carbonyl (C=O) groups is 2. The number of aryl methyl sites for hydroxylation is 1. The molecule has 0 spiro atoms. The van der Waals surface area contributed by atoms with Gasteiger partial charge in [0.15, 0.2) is 16.4 Å². The fourth-order valence-electron chi connectivity index (χ4n) is 2.93. The smallest absolute Gasteiger partial charge is 0.342 e. The number of anilines is 1. The molecule has 0 unspecified atom stereocenters. The van der Waals surface area contributed by atoms with Crippen molar-refractivity contribution in [2.45, 2.75) is 18.4 Å². The topological polar surface area (TPSA) is 121 Å². The summed E-state index contributed by atoms with van der Waals surface area (Å²) in [6.45, 7) is 1.08. The number of amides is 1. The summed E-state index contributed by atoms with van der Waals surface area (Å²) in [7, 11) is -1.97. The Bertz CT molecular complexity index is 1250. The second-order valence-corrected chi connectivity index (χ2v) is 9.02. The summed E-state index contributed by atoms with van der Waals surface area (Å²) in [5.74, 6) is 0.588. The van der Waals surface area contributed by atoms with Gasteiger partial charge in [-0.2, -0.15) is 0 Å². The van der Waals surface area contributed by atoms with Crippen LogP contribution in [0.2, 0.25) is 0 Å². The molecule has 1 aromatic heterocycles. The number of para-hydroxylation sites is 1. The van der Waals surface area contributed by atoms with Crippen LogP contribution < -0.4 is 14.8 Å². The van der Waals surface area contributed by atoms with Gasteiger partial charge in [-0.3, -0.25) is 4.79 Å². The number of furan rings is 1. The fourth-order valence-corrected chi connectivity index (χ4v) is 3.78. The SMILES string of the molecule is COc1ccc(OCc2cc(C(=O)OCC(=O)Nc3ccccc3S(C)(=O)=O)c(C)o2)cc1. The van der Waals surface area contributed by atoms with Gasteiger partial charge >= 0.3 is 5.97 Å². The Labute approximate surface area is 191 Å². The Balaban J connectivity index is 1.56. The van der Waals surface area contributed by atoms with E-state index in [0.717, 1.165) is 6.26 Å². The molecule has 1 N–H and O–H groups in total. The molecule has 0 aliphatic carbocycles. The largest absolute Gasteiger partial charge is 0.497 e. The first-order valence-corrected chi connectivity index (χ1v) is 11.7. The van der Waals surface area contributed by atoms with Gasteiger partial charge < -0.3 is 23.9 Å². The Kier molecular flexibility index (Phi) is 7.39. The van der Waals surface area contributed by atoms with Crippen LogP contribution in [0.5, 0.6) is 11.5 Å². The predicted octanol–water partition coefficient (Wildman–Crippen LogP) is 3.37. The Morgan fingerprint density at radius 2 is 1.70 bits per heavy atom. The van der Waals surface area contributed by atoms with Crippen molar-refractivity contribution in [2.24, 2.45) is 0 Å². The van der Waals surface area contributed by atoms with Crippen molar-refractivity contribution in [3.8, 4) is 11.5 Å². The summed E-state index contributed by atoms with van der Waals surface area (Å²) < 4.78 is 45.0. The highest BCUT2D eigenvalue weighted by molar-refractivity contribution is 7.90. The van der Waals surface area contributed by atoms with Crippen LogP contribution >= 0.6 is 0 Å². The van der Waals surface area contributed by atoms with Gasteiger partial charge in [0, 0.05) is 6.26 Å². The molecule has 9 nitrogen and oxygen atoms in total. The number of benzene rings is 2. The lowest BCUT2D eigenvalue weighted by Crippen LogP contribution is -2.22. The number of carbonyl (C=O) groups excluding carboxylic acids is 2. The molecular weight excluding hydrogens is 450 g/mol. The third-order valence-electron chi connectivity index (χ3n) is 4.52. The highest BCUT2D eigenvalue weighted by Gasteiger charge is 2.19. The molecule has 174 valence electrons. The van der Waals surface area contributed by atoms with Crippen molar-refractivity contribution in [1.29, 1.82) is 0 Å². The van der Waals surface area contributed by atoms with Crippen LogP contribution in [-0.2, 0) is 26.0 Å². The zero-order chi connectivity index (χ0) is 24.0. The van der Waals surface area contributed by atoms with Crippen molar-refractivity contribution in [2.75, 3.05) is 25.3 Å². The van der Waals surface area contributed by atoms with E-state index in [0.29, 0.717) is 23.0 Å². The van der Waals surface area contributed by atoms with Gasteiger partial charge in [0.25, 0.3) is 5.91 Å². The first-order chi connectivity index (χ1) is 15.7. The standard InChI is InChI=1S/C23H23NO8S/c1-15-19(12-18(32-15)13-30-17-10-8-16(29-2)9-11-17)23(26)31-14-22(25)24-20-6-4-5-7-21(20)33(3,27)28/h4-12H,13-14H2,1-3H3,(H,24,25). The quantitative estimate of drug-likeness (QED) is 0.470. The number of methoxy groups -OCH3 is 1. The monoisotopic (exact) mass is 473 g/mol. The summed E-state index contributed by atoms with van der Waals surface area (Å²) >= 11 is 0. The van der Waals surface area contributed by atoms with E-state index in [1.807, 2.05) is 0 Å². The van der Waals surface area contributed by atoms with E-state index < -0.39 is 28.3 Å². The number of esters is 1. The first-order valence-electron chi connectivity index (χ1n) is 9.79. The third kappa shape index (κ3) is 6.36.